The largest absolute Gasteiger partial charge is 0.481 e. The number of aromatic amines is 1. The Morgan fingerprint density at radius 2 is 1.81 bits per heavy atom. The average Bonchev–Trinajstić information content (AvgIpc) is 3.30. The molecule has 0 unspecified atom stereocenters. The van der Waals surface area contributed by atoms with Crippen LogP contribution in [0.15, 0.2) is 76.9 Å². The van der Waals surface area contributed by atoms with Gasteiger partial charge in [-0.15, -0.1) is 11.8 Å². The van der Waals surface area contributed by atoms with Crippen molar-refractivity contribution in [3.8, 4) is 0 Å². The fourth-order valence-corrected chi connectivity index (χ4v) is 5.97. The summed E-state index contributed by atoms with van der Waals surface area (Å²) in [5.41, 5.74) is 5.63. The van der Waals surface area contributed by atoms with E-state index in [9.17, 15) is 4.79 Å². The van der Waals surface area contributed by atoms with Crippen LogP contribution < -0.4 is 0 Å². The summed E-state index contributed by atoms with van der Waals surface area (Å²) in [5, 5.41) is 9.85. The van der Waals surface area contributed by atoms with Crippen LogP contribution in [0.2, 0.25) is 0 Å². The lowest BCUT2D eigenvalue weighted by molar-refractivity contribution is -0.137. The highest BCUT2D eigenvalue weighted by atomic mass is 32.2. The Labute approximate surface area is 220 Å². The highest BCUT2D eigenvalue weighted by Gasteiger charge is 2.11. The minimum Gasteiger partial charge on any atom is -0.481 e. The number of imidazole rings is 1. The van der Waals surface area contributed by atoms with E-state index in [4.69, 9.17) is 5.11 Å². The number of rotatable bonds is 14. The van der Waals surface area contributed by atoms with Crippen molar-refractivity contribution in [1.29, 1.82) is 0 Å². The molecule has 36 heavy (non-hydrogen) atoms. The molecule has 0 radical (unpaired) electrons. The molecule has 2 aromatic heterocycles. The van der Waals surface area contributed by atoms with Crippen LogP contribution in [0.3, 0.4) is 0 Å². The smallest absolute Gasteiger partial charge is 0.303 e. The van der Waals surface area contributed by atoms with Gasteiger partial charge in [-0.2, -0.15) is 0 Å². The molecule has 0 aliphatic carbocycles. The number of fused-ring (bicyclic) bond motifs is 1. The molecular weight excluding hydrogens is 488 g/mol. The van der Waals surface area contributed by atoms with Crippen LogP contribution in [0.25, 0.3) is 11.0 Å². The Hall–Kier alpha value is -2.81. The molecule has 4 aromatic rings. The highest BCUT2D eigenvalue weighted by Crippen LogP contribution is 2.28. The standard InChI is InChI=1S/C28H32N4O2S2/c1-21-25(20-36-28-30-23-11-5-6-12-24(23)31-28)29-15-14-26(21)35-18-17-32(16-8-7-13-27(33)34)19-22-9-3-2-4-10-22/h2-6,9-12,14-15H,7-8,13,16-20H2,1H3,(H,30,31)(H,33,34). The molecule has 188 valence electrons. The summed E-state index contributed by atoms with van der Waals surface area (Å²) in [4.78, 5) is 27.2. The van der Waals surface area contributed by atoms with Gasteiger partial charge in [0.15, 0.2) is 5.16 Å². The second kappa shape index (κ2) is 13.5. The lowest BCUT2D eigenvalue weighted by Crippen LogP contribution is -2.27. The molecule has 0 saturated heterocycles. The van der Waals surface area contributed by atoms with Crippen LogP contribution in [-0.4, -0.2) is 49.8 Å². The summed E-state index contributed by atoms with van der Waals surface area (Å²) in [7, 11) is 0. The SMILES string of the molecule is Cc1c(SCCN(CCCCC(=O)O)Cc2ccccc2)ccnc1CSc1nc2ccccc2[nH]1. The third kappa shape index (κ3) is 7.85. The number of aromatic nitrogens is 3. The lowest BCUT2D eigenvalue weighted by Gasteiger charge is -2.22. The number of H-pyrrole nitrogens is 1. The monoisotopic (exact) mass is 520 g/mol. The van der Waals surface area contributed by atoms with Gasteiger partial charge in [-0.25, -0.2) is 4.98 Å². The Bertz CT molecular complexity index is 1230. The second-order valence-electron chi connectivity index (χ2n) is 8.69. The molecule has 2 aromatic carbocycles. The van der Waals surface area contributed by atoms with Gasteiger partial charge in [-0.1, -0.05) is 54.2 Å². The van der Waals surface area contributed by atoms with Crippen molar-refractivity contribution in [1.82, 2.24) is 19.9 Å². The number of nitrogens with zero attached hydrogens (tertiary/aromatic N) is 3. The van der Waals surface area contributed by atoms with Gasteiger partial charge >= 0.3 is 5.97 Å². The molecule has 0 amide bonds. The molecule has 2 heterocycles. The maximum Gasteiger partial charge on any atom is 0.303 e. The zero-order chi connectivity index (χ0) is 25.2. The van der Waals surface area contributed by atoms with Crippen molar-refractivity contribution in [2.45, 2.75) is 48.5 Å². The number of carboxylic acids is 1. The van der Waals surface area contributed by atoms with Crippen LogP contribution in [0.1, 0.15) is 36.1 Å². The first-order valence-electron chi connectivity index (χ1n) is 12.2. The first-order valence-corrected chi connectivity index (χ1v) is 14.2. The summed E-state index contributed by atoms with van der Waals surface area (Å²) in [6.07, 6.45) is 3.74. The molecular formula is C28H32N4O2S2. The minimum atomic E-state index is -0.720. The Morgan fingerprint density at radius 1 is 1.00 bits per heavy atom. The molecule has 0 bridgehead atoms. The Kier molecular flexibility index (Phi) is 9.84. The summed E-state index contributed by atoms with van der Waals surface area (Å²) in [6, 6.07) is 20.6. The van der Waals surface area contributed by atoms with Crippen LogP contribution >= 0.6 is 23.5 Å². The first-order chi connectivity index (χ1) is 17.6. The van der Waals surface area contributed by atoms with Gasteiger partial charge < -0.3 is 10.1 Å². The third-order valence-electron chi connectivity index (χ3n) is 6.00. The van der Waals surface area contributed by atoms with Gasteiger partial charge in [0, 0.05) is 42.1 Å². The first kappa shape index (κ1) is 26.3. The topological polar surface area (TPSA) is 82.1 Å². The summed E-state index contributed by atoms with van der Waals surface area (Å²) < 4.78 is 0. The normalized spacial score (nSPS) is 11.4. The quantitative estimate of drug-likeness (QED) is 0.147. The van der Waals surface area contributed by atoms with Crippen LogP contribution in [0, 0.1) is 6.92 Å². The fraction of sp³-hybridized carbons (Fsp3) is 0.321. The average molecular weight is 521 g/mol. The predicted molar refractivity (Wildman–Crippen MR) is 149 cm³/mol. The maximum absolute atomic E-state index is 10.9. The van der Waals surface area contributed by atoms with Crippen molar-refractivity contribution in [3.05, 3.63) is 83.7 Å². The molecule has 0 spiro atoms. The van der Waals surface area contributed by atoms with Gasteiger partial charge in [0.1, 0.15) is 0 Å². The van der Waals surface area contributed by atoms with Crippen LogP contribution in [0.4, 0.5) is 0 Å². The van der Waals surface area contributed by atoms with Crippen molar-refractivity contribution >= 4 is 40.5 Å². The third-order valence-corrected chi connectivity index (χ3v) is 8.03. The van der Waals surface area contributed by atoms with E-state index in [1.54, 1.807) is 11.8 Å². The number of nitrogens with one attached hydrogen (secondary N) is 1. The fourth-order valence-electron chi connectivity index (χ4n) is 4.00. The van der Waals surface area contributed by atoms with E-state index in [0.29, 0.717) is 6.42 Å². The number of thioether (sulfide) groups is 2. The number of aliphatic carboxylic acids is 1. The summed E-state index contributed by atoms with van der Waals surface area (Å²) >= 11 is 3.54. The predicted octanol–water partition coefficient (Wildman–Crippen LogP) is 6.41. The molecule has 8 heteroatoms. The van der Waals surface area contributed by atoms with Crippen molar-refractivity contribution < 1.29 is 9.90 Å². The van der Waals surface area contributed by atoms with Gasteiger partial charge in [0.25, 0.3) is 0 Å². The Morgan fingerprint density at radius 3 is 2.61 bits per heavy atom. The second-order valence-corrected chi connectivity index (χ2v) is 10.8. The number of para-hydroxylation sites is 2. The van der Waals surface area contributed by atoms with E-state index in [1.807, 2.05) is 48.3 Å². The van der Waals surface area contributed by atoms with E-state index >= 15 is 0 Å². The Balaban J connectivity index is 1.32. The van der Waals surface area contributed by atoms with Gasteiger partial charge in [-0.3, -0.25) is 14.7 Å². The molecule has 4 rings (SSSR count). The summed E-state index contributed by atoms with van der Waals surface area (Å²) in [5.74, 6) is 1.01. The van der Waals surface area contributed by atoms with Gasteiger partial charge in [0.05, 0.1) is 16.7 Å². The number of benzene rings is 2. The zero-order valence-corrected chi connectivity index (χ0v) is 22.2. The van der Waals surface area contributed by atoms with Crippen LogP contribution in [-0.2, 0) is 17.1 Å². The van der Waals surface area contributed by atoms with E-state index < -0.39 is 5.97 Å². The molecule has 0 aliphatic heterocycles. The summed E-state index contributed by atoms with van der Waals surface area (Å²) in [6.45, 7) is 4.87. The van der Waals surface area contributed by atoms with E-state index in [1.165, 1.54) is 16.0 Å². The van der Waals surface area contributed by atoms with Crippen molar-refractivity contribution in [3.63, 3.8) is 0 Å². The van der Waals surface area contributed by atoms with E-state index in [0.717, 1.165) is 59.4 Å². The van der Waals surface area contributed by atoms with E-state index in [-0.39, 0.29) is 6.42 Å². The van der Waals surface area contributed by atoms with Gasteiger partial charge in [0.2, 0.25) is 0 Å². The number of hydrogen-bond acceptors (Lipinski definition) is 6. The maximum atomic E-state index is 10.9. The number of carboxylic acid groups (broad SMARTS) is 1. The van der Waals surface area contributed by atoms with E-state index in [2.05, 4.69) is 57.1 Å². The molecule has 0 fully saturated rings. The molecule has 2 N–H and O–H groups in total. The number of carbonyl (C=O) groups is 1. The number of hydrogen-bond donors (Lipinski definition) is 2. The molecule has 0 saturated carbocycles. The minimum absolute atomic E-state index is 0.235. The lowest BCUT2D eigenvalue weighted by atomic mass is 10.2. The van der Waals surface area contributed by atoms with Crippen molar-refractivity contribution in [2.75, 3.05) is 18.8 Å². The molecule has 0 aliphatic rings. The highest BCUT2D eigenvalue weighted by molar-refractivity contribution is 7.99. The molecule has 6 nitrogen and oxygen atoms in total. The molecule has 0 atom stereocenters. The van der Waals surface area contributed by atoms with Gasteiger partial charge in [-0.05, 0) is 55.6 Å². The van der Waals surface area contributed by atoms with Crippen LogP contribution in [0.5, 0.6) is 0 Å². The van der Waals surface area contributed by atoms with Crippen molar-refractivity contribution in [2.24, 2.45) is 0 Å². The number of pyridine rings is 1. The number of unbranched alkanes of at least 4 members (excludes halogenated alkanes) is 1. The zero-order valence-electron chi connectivity index (χ0n) is 20.5.